The summed E-state index contributed by atoms with van der Waals surface area (Å²) in [7, 11) is 0. The second-order valence-electron chi connectivity index (χ2n) is 3.82. The van der Waals surface area contributed by atoms with E-state index in [4.69, 9.17) is 14.6 Å². The predicted molar refractivity (Wildman–Crippen MR) is 55.8 cm³/mol. The molecule has 1 saturated heterocycles. The summed E-state index contributed by atoms with van der Waals surface area (Å²) in [6.45, 7) is 6.37. The minimum absolute atomic E-state index is 0.408. The molecule has 1 rings (SSSR count). The quantitative estimate of drug-likeness (QED) is 0.792. The van der Waals surface area contributed by atoms with Crippen molar-refractivity contribution in [2.75, 3.05) is 13.1 Å². The number of nitrogens with one attached hydrogen (secondary N) is 1. The lowest BCUT2D eigenvalue weighted by molar-refractivity contribution is -0.192. The molecule has 0 aromatic carbocycles. The Kier molecular flexibility index (Phi) is 7.13. The molecule has 0 amide bonds. The molecule has 2 atom stereocenters. The van der Waals surface area contributed by atoms with Gasteiger partial charge in [-0.15, -0.1) is 0 Å². The van der Waals surface area contributed by atoms with E-state index >= 15 is 0 Å². The first-order valence-corrected chi connectivity index (χ1v) is 5.43. The number of hydrogen-bond donors (Lipinski definition) is 2. The van der Waals surface area contributed by atoms with Gasteiger partial charge < -0.3 is 15.2 Å². The van der Waals surface area contributed by atoms with Crippen molar-refractivity contribution in [2.45, 2.75) is 45.1 Å². The van der Waals surface area contributed by atoms with Gasteiger partial charge in [-0.05, 0) is 13.3 Å². The van der Waals surface area contributed by atoms with Crippen LogP contribution in [-0.2, 0) is 9.53 Å². The molecule has 0 aromatic rings. The maximum Gasteiger partial charge on any atom is 0.490 e. The number of carboxylic acids is 1. The van der Waals surface area contributed by atoms with Gasteiger partial charge in [-0.25, -0.2) is 4.79 Å². The van der Waals surface area contributed by atoms with Crippen molar-refractivity contribution in [3.63, 3.8) is 0 Å². The third-order valence-electron chi connectivity index (χ3n) is 2.08. The summed E-state index contributed by atoms with van der Waals surface area (Å²) in [5.74, 6) is -2.76. The number of halogens is 3. The lowest BCUT2D eigenvalue weighted by Gasteiger charge is -2.28. The van der Waals surface area contributed by atoms with Gasteiger partial charge in [0.15, 0.2) is 0 Å². The number of morpholine rings is 1. The third kappa shape index (κ3) is 7.98. The summed E-state index contributed by atoms with van der Waals surface area (Å²) in [5, 5.41) is 10.5. The van der Waals surface area contributed by atoms with Gasteiger partial charge in [0.25, 0.3) is 0 Å². The number of alkyl halides is 3. The van der Waals surface area contributed by atoms with E-state index in [0.717, 1.165) is 13.1 Å². The molecule has 102 valence electrons. The first kappa shape index (κ1) is 16.2. The lowest BCUT2D eigenvalue weighted by atomic mass is 10.2. The van der Waals surface area contributed by atoms with Gasteiger partial charge >= 0.3 is 12.1 Å². The molecule has 0 radical (unpaired) electrons. The van der Waals surface area contributed by atoms with E-state index in [1.54, 1.807) is 0 Å². The van der Waals surface area contributed by atoms with Crippen molar-refractivity contribution in [1.82, 2.24) is 5.32 Å². The Morgan fingerprint density at radius 2 is 2.00 bits per heavy atom. The standard InChI is InChI=1S/C8H17NO.C2HF3O2/c1-3-4-8-6-9-5-7(2)10-8;3-2(4,5)1(6)7/h7-9H,3-6H2,1-2H3;(H,6,7)/t7-,8+;/m1./s1. The number of carboxylic acid groups (broad SMARTS) is 1. The predicted octanol–water partition coefficient (Wildman–Crippen LogP) is 1.80. The van der Waals surface area contributed by atoms with Crippen LogP contribution in [0.15, 0.2) is 0 Å². The van der Waals surface area contributed by atoms with Crippen molar-refractivity contribution in [1.29, 1.82) is 0 Å². The average Bonchev–Trinajstić information content (AvgIpc) is 2.17. The van der Waals surface area contributed by atoms with Crippen molar-refractivity contribution < 1.29 is 27.8 Å². The highest BCUT2D eigenvalue weighted by Gasteiger charge is 2.38. The summed E-state index contributed by atoms with van der Waals surface area (Å²) in [5.41, 5.74) is 0. The van der Waals surface area contributed by atoms with Gasteiger partial charge in [-0.3, -0.25) is 0 Å². The molecule has 0 spiro atoms. The lowest BCUT2D eigenvalue weighted by Crippen LogP contribution is -2.43. The summed E-state index contributed by atoms with van der Waals surface area (Å²) in [6, 6.07) is 0. The van der Waals surface area contributed by atoms with Crippen LogP contribution >= 0.6 is 0 Å². The SMILES string of the molecule is CCC[C@H]1CNC[C@@H](C)O1.O=C(O)C(F)(F)F. The van der Waals surface area contributed by atoms with E-state index in [1.165, 1.54) is 12.8 Å². The molecular formula is C10H18F3NO3. The van der Waals surface area contributed by atoms with Crippen LogP contribution in [0, 0.1) is 0 Å². The molecule has 7 heteroatoms. The molecule has 1 aliphatic rings. The second-order valence-corrected chi connectivity index (χ2v) is 3.82. The maximum atomic E-state index is 10.6. The second kappa shape index (κ2) is 7.50. The van der Waals surface area contributed by atoms with Crippen LogP contribution < -0.4 is 5.32 Å². The first-order valence-electron chi connectivity index (χ1n) is 5.43. The van der Waals surface area contributed by atoms with E-state index in [1.807, 2.05) is 0 Å². The van der Waals surface area contributed by atoms with E-state index in [0.29, 0.717) is 12.2 Å². The van der Waals surface area contributed by atoms with Crippen LogP contribution in [0.4, 0.5) is 13.2 Å². The van der Waals surface area contributed by atoms with Gasteiger partial charge in [-0.2, -0.15) is 13.2 Å². The van der Waals surface area contributed by atoms with E-state index < -0.39 is 12.1 Å². The van der Waals surface area contributed by atoms with Gasteiger partial charge in [0.2, 0.25) is 0 Å². The average molecular weight is 257 g/mol. The Balaban J connectivity index is 0.000000325. The highest BCUT2D eigenvalue weighted by Crippen LogP contribution is 2.13. The summed E-state index contributed by atoms with van der Waals surface area (Å²) < 4.78 is 37.4. The Labute approximate surface area is 98.1 Å². The molecule has 1 fully saturated rings. The molecule has 0 aromatic heterocycles. The number of aliphatic carboxylic acids is 1. The monoisotopic (exact) mass is 257 g/mol. The molecule has 0 bridgehead atoms. The zero-order valence-corrected chi connectivity index (χ0v) is 9.88. The topological polar surface area (TPSA) is 58.6 Å². The smallest absolute Gasteiger partial charge is 0.475 e. The highest BCUT2D eigenvalue weighted by molar-refractivity contribution is 5.73. The minimum Gasteiger partial charge on any atom is -0.475 e. The van der Waals surface area contributed by atoms with Crippen molar-refractivity contribution in [2.24, 2.45) is 0 Å². The fourth-order valence-corrected chi connectivity index (χ4v) is 1.36. The largest absolute Gasteiger partial charge is 0.490 e. The van der Waals surface area contributed by atoms with Crippen molar-refractivity contribution >= 4 is 5.97 Å². The molecular weight excluding hydrogens is 239 g/mol. The van der Waals surface area contributed by atoms with Crippen LogP contribution in [0.25, 0.3) is 0 Å². The molecule has 4 nitrogen and oxygen atoms in total. The molecule has 2 N–H and O–H groups in total. The summed E-state index contributed by atoms with van der Waals surface area (Å²) >= 11 is 0. The van der Waals surface area contributed by atoms with Crippen molar-refractivity contribution in [3.05, 3.63) is 0 Å². The molecule has 0 aliphatic carbocycles. The molecule has 0 unspecified atom stereocenters. The van der Waals surface area contributed by atoms with Crippen LogP contribution in [0.1, 0.15) is 26.7 Å². The zero-order chi connectivity index (χ0) is 13.5. The van der Waals surface area contributed by atoms with E-state index in [9.17, 15) is 13.2 Å². The fraction of sp³-hybridized carbons (Fsp3) is 0.900. The summed E-state index contributed by atoms with van der Waals surface area (Å²) in [6.07, 6.45) is -1.80. The Hall–Kier alpha value is -0.820. The minimum atomic E-state index is -5.08. The van der Waals surface area contributed by atoms with E-state index in [2.05, 4.69) is 19.2 Å². The Morgan fingerprint density at radius 3 is 2.35 bits per heavy atom. The van der Waals surface area contributed by atoms with Crippen molar-refractivity contribution in [3.8, 4) is 0 Å². The number of hydrogen-bond acceptors (Lipinski definition) is 3. The Morgan fingerprint density at radius 1 is 1.47 bits per heavy atom. The van der Waals surface area contributed by atoms with Crippen LogP contribution in [0.5, 0.6) is 0 Å². The number of rotatable bonds is 2. The number of ether oxygens (including phenoxy) is 1. The summed E-state index contributed by atoms with van der Waals surface area (Å²) in [4.78, 5) is 8.90. The van der Waals surface area contributed by atoms with Gasteiger partial charge in [0.05, 0.1) is 12.2 Å². The Bertz CT molecular complexity index is 231. The fourth-order valence-electron chi connectivity index (χ4n) is 1.36. The van der Waals surface area contributed by atoms with Crippen LogP contribution in [0.2, 0.25) is 0 Å². The molecule has 0 saturated carbocycles. The van der Waals surface area contributed by atoms with Gasteiger partial charge in [0, 0.05) is 13.1 Å². The molecule has 17 heavy (non-hydrogen) atoms. The number of carbonyl (C=O) groups is 1. The first-order chi connectivity index (χ1) is 7.77. The maximum absolute atomic E-state index is 10.6. The zero-order valence-electron chi connectivity index (χ0n) is 9.88. The van der Waals surface area contributed by atoms with Crippen LogP contribution in [-0.4, -0.2) is 42.5 Å². The molecule has 1 aliphatic heterocycles. The van der Waals surface area contributed by atoms with E-state index in [-0.39, 0.29) is 0 Å². The highest BCUT2D eigenvalue weighted by atomic mass is 19.4. The van der Waals surface area contributed by atoms with Crippen LogP contribution in [0.3, 0.4) is 0 Å². The van der Waals surface area contributed by atoms with Gasteiger partial charge in [-0.1, -0.05) is 13.3 Å². The normalized spacial score (nSPS) is 24.8. The van der Waals surface area contributed by atoms with Gasteiger partial charge in [0.1, 0.15) is 0 Å². The molecule has 1 heterocycles. The third-order valence-corrected chi connectivity index (χ3v) is 2.08.